The number of rotatable bonds is 4. The second-order valence-electron chi connectivity index (χ2n) is 5.62. The minimum Gasteiger partial charge on any atom is -0.392 e. The second-order valence-corrected chi connectivity index (χ2v) is 5.62. The molecule has 1 aromatic rings. The Morgan fingerprint density at radius 3 is 2.47 bits per heavy atom. The molecule has 1 aliphatic rings. The number of aliphatic hydroxyl groups is 1. The zero-order chi connectivity index (χ0) is 13.7. The Hall–Kier alpha value is -0.900. The Labute approximate surface area is 116 Å². The first-order chi connectivity index (χ1) is 9.22. The average molecular weight is 262 g/mol. The van der Waals surface area contributed by atoms with E-state index in [4.69, 9.17) is 5.11 Å². The summed E-state index contributed by atoms with van der Waals surface area (Å²) in [4.78, 5) is 5.06. The number of hydrogen-bond donors (Lipinski definition) is 1. The average Bonchev–Trinajstić information content (AvgIpc) is 2.61. The van der Waals surface area contributed by atoms with Crippen molar-refractivity contribution in [3.05, 3.63) is 35.4 Å². The summed E-state index contributed by atoms with van der Waals surface area (Å²) in [6.07, 6.45) is 2.46. The minimum absolute atomic E-state index is 0.131. The molecule has 1 saturated heterocycles. The van der Waals surface area contributed by atoms with Crippen LogP contribution in [0.15, 0.2) is 24.3 Å². The molecule has 0 aromatic heterocycles. The fourth-order valence-corrected chi connectivity index (χ4v) is 2.87. The van der Waals surface area contributed by atoms with Crippen LogP contribution < -0.4 is 0 Å². The van der Waals surface area contributed by atoms with E-state index in [1.807, 2.05) is 12.1 Å². The van der Waals surface area contributed by atoms with Crippen molar-refractivity contribution in [1.82, 2.24) is 9.80 Å². The smallest absolute Gasteiger partial charge is 0.0681 e. The van der Waals surface area contributed by atoms with E-state index in [1.165, 1.54) is 38.0 Å². The van der Waals surface area contributed by atoms with Gasteiger partial charge in [0.1, 0.15) is 0 Å². The zero-order valence-electron chi connectivity index (χ0n) is 12.2. The van der Waals surface area contributed by atoms with Crippen molar-refractivity contribution in [2.75, 3.05) is 26.7 Å². The van der Waals surface area contributed by atoms with E-state index in [0.717, 1.165) is 12.1 Å². The summed E-state index contributed by atoms with van der Waals surface area (Å²) in [5.41, 5.74) is 2.34. The van der Waals surface area contributed by atoms with Crippen molar-refractivity contribution in [2.45, 2.75) is 39.0 Å². The lowest BCUT2D eigenvalue weighted by Crippen LogP contribution is -2.39. The van der Waals surface area contributed by atoms with Gasteiger partial charge in [0.2, 0.25) is 0 Å². The van der Waals surface area contributed by atoms with Gasteiger partial charge >= 0.3 is 0 Å². The lowest BCUT2D eigenvalue weighted by molar-refractivity contribution is 0.176. The van der Waals surface area contributed by atoms with Gasteiger partial charge in [0.15, 0.2) is 0 Å². The third-order valence-corrected chi connectivity index (χ3v) is 4.09. The molecule has 2 rings (SSSR count). The van der Waals surface area contributed by atoms with Crippen LogP contribution in [0.1, 0.15) is 30.9 Å². The highest BCUT2D eigenvalue weighted by Crippen LogP contribution is 2.16. The van der Waals surface area contributed by atoms with Crippen molar-refractivity contribution in [3.8, 4) is 0 Å². The first kappa shape index (κ1) is 14.5. The van der Waals surface area contributed by atoms with Crippen LogP contribution in [-0.4, -0.2) is 47.6 Å². The number of aliphatic hydroxyl groups excluding tert-OH is 1. The molecular weight excluding hydrogens is 236 g/mol. The first-order valence-electron chi connectivity index (χ1n) is 7.34. The van der Waals surface area contributed by atoms with Crippen LogP contribution in [0.3, 0.4) is 0 Å². The van der Waals surface area contributed by atoms with E-state index in [2.05, 4.69) is 35.9 Å². The number of benzene rings is 1. The molecule has 3 heteroatoms. The molecule has 1 N–H and O–H groups in total. The first-order valence-corrected chi connectivity index (χ1v) is 7.34. The number of nitrogens with zero attached hydrogens (tertiary/aromatic N) is 2. The van der Waals surface area contributed by atoms with Crippen LogP contribution in [0.5, 0.6) is 0 Å². The Morgan fingerprint density at radius 2 is 1.84 bits per heavy atom. The predicted molar refractivity (Wildman–Crippen MR) is 79.0 cm³/mol. The normalized spacial score (nSPS) is 22.4. The van der Waals surface area contributed by atoms with Gasteiger partial charge in [0.25, 0.3) is 0 Å². The van der Waals surface area contributed by atoms with Gasteiger partial charge in [0, 0.05) is 25.7 Å². The summed E-state index contributed by atoms with van der Waals surface area (Å²) in [6, 6.07) is 9.00. The molecule has 19 heavy (non-hydrogen) atoms. The summed E-state index contributed by atoms with van der Waals surface area (Å²) >= 11 is 0. The monoisotopic (exact) mass is 262 g/mol. The molecule has 1 heterocycles. The van der Waals surface area contributed by atoms with Crippen LogP contribution in [0, 0.1) is 0 Å². The molecule has 1 aromatic carbocycles. The van der Waals surface area contributed by atoms with Gasteiger partial charge in [-0.1, -0.05) is 31.2 Å². The molecule has 0 aliphatic carbocycles. The SMILES string of the molecule is CCC1CN(C)CCCN1Cc1ccc(CO)cc1. The Kier molecular flexibility index (Phi) is 5.37. The summed E-state index contributed by atoms with van der Waals surface area (Å²) < 4.78 is 0. The van der Waals surface area contributed by atoms with E-state index in [0.29, 0.717) is 6.04 Å². The minimum atomic E-state index is 0.131. The maximum absolute atomic E-state index is 9.08. The van der Waals surface area contributed by atoms with Gasteiger partial charge in [0.05, 0.1) is 6.61 Å². The zero-order valence-corrected chi connectivity index (χ0v) is 12.2. The van der Waals surface area contributed by atoms with E-state index in [9.17, 15) is 0 Å². The molecule has 3 nitrogen and oxygen atoms in total. The molecule has 0 saturated carbocycles. The highest BCUT2D eigenvalue weighted by Gasteiger charge is 2.21. The highest BCUT2D eigenvalue weighted by molar-refractivity contribution is 5.22. The van der Waals surface area contributed by atoms with Crippen molar-refractivity contribution < 1.29 is 5.11 Å². The van der Waals surface area contributed by atoms with Crippen molar-refractivity contribution in [1.29, 1.82) is 0 Å². The van der Waals surface area contributed by atoms with Gasteiger partial charge in [-0.25, -0.2) is 0 Å². The number of hydrogen-bond acceptors (Lipinski definition) is 3. The molecule has 1 unspecified atom stereocenters. The van der Waals surface area contributed by atoms with Gasteiger partial charge in [-0.3, -0.25) is 4.90 Å². The summed E-state index contributed by atoms with van der Waals surface area (Å²) in [5, 5.41) is 9.08. The predicted octanol–water partition coefficient (Wildman–Crippen LogP) is 2.09. The number of likely N-dealkylation sites (N-methyl/N-ethyl adjacent to an activating group) is 1. The third kappa shape index (κ3) is 4.03. The maximum Gasteiger partial charge on any atom is 0.0681 e. The Bertz CT molecular complexity index is 377. The van der Waals surface area contributed by atoms with Gasteiger partial charge < -0.3 is 10.0 Å². The fraction of sp³-hybridized carbons (Fsp3) is 0.625. The van der Waals surface area contributed by atoms with Crippen molar-refractivity contribution in [2.24, 2.45) is 0 Å². The topological polar surface area (TPSA) is 26.7 Å². The molecule has 0 bridgehead atoms. The van der Waals surface area contributed by atoms with E-state index in [-0.39, 0.29) is 6.61 Å². The lowest BCUT2D eigenvalue weighted by atomic mass is 10.1. The Balaban J connectivity index is 2.02. The van der Waals surface area contributed by atoms with Crippen molar-refractivity contribution >= 4 is 0 Å². The van der Waals surface area contributed by atoms with Gasteiger partial charge in [-0.05, 0) is 37.6 Å². The maximum atomic E-state index is 9.08. The lowest BCUT2D eigenvalue weighted by Gasteiger charge is -2.30. The Morgan fingerprint density at radius 1 is 1.16 bits per heavy atom. The van der Waals surface area contributed by atoms with Crippen LogP contribution >= 0.6 is 0 Å². The van der Waals surface area contributed by atoms with Gasteiger partial charge in [-0.2, -0.15) is 0 Å². The standard InChI is InChI=1S/C16H26N2O/c1-3-16-12-17(2)9-4-10-18(16)11-14-5-7-15(13-19)8-6-14/h5-8,16,19H,3-4,9-13H2,1-2H3. The molecule has 1 fully saturated rings. The largest absolute Gasteiger partial charge is 0.392 e. The molecule has 1 atom stereocenters. The van der Waals surface area contributed by atoms with Crippen LogP contribution in [0.25, 0.3) is 0 Å². The van der Waals surface area contributed by atoms with E-state index >= 15 is 0 Å². The van der Waals surface area contributed by atoms with E-state index < -0.39 is 0 Å². The van der Waals surface area contributed by atoms with Crippen LogP contribution in [0.2, 0.25) is 0 Å². The third-order valence-electron chi connectivity index (χ3n) is 4.09. The second kappa shape index (κ2) is 7.04. The fourth-order valence-electron chi connectivity index (χ4n) is 2.87. The molecule has 106 valence electrons. The van der Waals surface area contributed by atoms with Crippen molar-refractivity contribution in [3.63, 3.8) is 0 Å². The van der Waals surface area contributed by atoms with Crippen LogP contribution in [-0.2, 0) is 13.2 Å². The molecule has 0 radical (unpaired) electrons. The molecule has 0 amide bonds. The highest BCUT2D eigenvalue weighted by atomic mass is 16.3. The summed E-state index contributed by atoms with van der Waals surface area (Å²) in [5.74, 6) is 0. The quantitative estimate of drug-likeness (QED) is 0.900. The van der Waals surface area contributed by atoms with Crippen LogP contribution in [0.4, 0.5) is 0 Å². The summed E-state index contributed by atoms with van der Waals surface area (Å²) in [6.45, 7) is 7.00. The summed E-state index contributed by atoms with van der Waals surface area (Å²) in [7, 11) is 2.22. The molecule has 0 spiro atoms. The molecular formula is C16H26N2O. The van der Waals surface area contributed by atoms with E-state index in [1.54, 1.807) is 0 Å². The molecule has 1 aliphatic heterocycles. The van der Waals surface area contributed by atoms with Gasteiger partial charge in [-0.15, -0.1) is 0 Å².